The van der Waals surface area contributed by atoms with Crippen LogP contribution >= 0.6 is 0 Å². The van der Waals surface area contributed by atoms with Crippen LogP contribution in [0.15, 0.2) is 36.4 Å². The molecular formula is C20H26N2O3S. The summed E-state index contributed by atoms with van der Waals surface area (Å²) in [6.07, 6.45) is 1.89. The first-order chi connectivity index (χ1) is 12.1. The minimum Gasteiger partial charge on any atom is -0.324 e. The molecule has 0 radical (unpaired) electrons. The third-order valence-corrected chi connectivity index (χ3v) is 5.61. The fourth-order valence-electron chi connectivity index (χ4n) is 2.79. The first-order valence-electron chi connectivity index (χ1n) is 8.56. The molecule has 26 heavy (non-hydrogen) atoms. The molecule has 2 rings (SSSR count). The molecule has 1 amide bonds. The predicted octanol–water partition coefficient (Wildman–Crippen LogP) is 3.58. The topological polar surface area (TPSA) is 66.5 Å². The van der Waals surface area contributed by atoms with E-state index in [1.54, 1.807) is 12.1 Å². The lowest BCUT2D eigenvalue weighted by molar-refractivity contribution is -0.114. The molecule has 2 aromatic rings. The molecule has 1 N–H and O–H groups in total. The Bertz CT molecular complexity index is 921. The smallest absolute Gasteiger partial charge is 0.245 e. The first-order valence-corrected chi connectivity index (χ1v) is 10.4. The van der Waals surface area contributed by atoms with Crippen molar-refractivity contribution in [3.8, 4) is 0 Å². The van der Waals surface area contributed by atoms with E-state index in [1.807, 2.05) is 52.0 Å². The molecule has 0 saturated heterocycles. The molecule has 0 spiro atoms. The number of nitrogens with zero attached hydrogens (tertiary/aromatic N) is 1. The predicted molar refractivity (Wildman–Crippen MR) is 107 cm³/mol. The van der Waals surface area contributed by atoms with Crippen molar-refractivity contribution in [3.05, 3.63) is 58.7 Å². The number of anilines is 2. The van der Waals surface area contributed by atoms with Crippen molar-refractivity contribution in [2.75, 3.05) is 22.4 Å². The second kappa shape index (κ2) is 7.91. The Labute approximate surface area is 156 Å². The maximum atomic E-state index is 12.6. The van der Waals surface area contributed by atoms with Gasteiger partial charge in [-0.2, -0.15) is 0 Å². The van der Waals surface area contributed by atoms with Gasteiger partial charge in [0.25, 0.3) is 0 Å². The lowest BCUT2D eigenvalue weighted by atomic mass is 10.1. The molecule has 140 valence electrons. The van der Waals surface area contributed by atoms with Gasteiger partial charge >= 0.3 is 0 Å². The van der Waals surface area contributed by atoms with E-state index in [0.717, 1.165) is 44.9 Å². The van der Waals surface area contributed by atoms with E-state index < -0.39 is 10.0 Å². The number of amides is 1. The number of hydrogen-bond acceptors (Lipinski definition) is 3. The zero-order valence-electron chi connectivity index (χ0n) is 16.0. The van der Waals surface area contributed by atoms with Crippen LogP contribution in [0.25, 0.3) is 0 Å². The highest BCUT2D eigenvalue weighted by Gasteiger charge is 2.22. The summed E-state index contributed by atoms with van der Waals surface area (Å²) in [5.74, 6) is -0.363. The maximum Gasteiger partial charge on any atom is 0.245 e. The molecule has 0 heterocycles. The van der Waals surface area contributed by atoms with Crippen molar-refractivity contribution in [2.24, 2.45) is 0 Å². The summed E-state index contributed by atoms with van der Waals surface area (Å²) in [7, 11) is -3.59. The Morgan fingerprint density at radius 1 is 1.04 bits per heavy atom. The number of aryl methyl sites for hydroxylation is 4. The van der Waals surface area contributed by atoms with Crippen LogP contribution in [0.1, 0.15) is 29.2 Å². The lowest BCUT2D eigenvalue weighted by Crippen LogP contribution is -2.37. The summed E-state index contributed by atoms with van der Waals surface area (Å²) < 4.78 is 25.6. The standard InChI is InChI=1S/C20H26N2O3S/c1-6-17-9-7-8-15(3)20(17)21-19(23)13-22(26(5,24)25)18-11-10-14(2)16(4)12-18/h7-12H,6,13H2,1-5H3,(H,21,23). The highest BCUT2D eigenvalue weighted by molar-refractivity contribution is 7.92. The van der Waals surface area contributed by atoms with Crippen LogP contribution in [0.5, 0.6) is 0 Å². The van der Waals surface area contributed by atoms with Gasteiger partial charge in [0, 0.05) is 5.69 Å². The Kier molecular flexibility index (Phi) is 6.08. The summed E-state index contributed by atoms with van der Waals surface area (Å²) in [5.41, 5.74) is 5.27. The summed E-state index contributed by atoms with van der Waals surface area (Å²) >= 11 is 0. The SMILES string of the molecule is CCc1cccc(C)c1NC(=O)CN(c1ccc(C)c(C)c1)S(C)(=O)=O. The molecule has 0 aromatic heterocycles. The van der Waals surface area contributed by atoms with Crippen molar-refractivity contribution in [1.82, 2.24) is 0 Å². The summed E-state index contributed by atoms with van der Waals surface area (Å²) in [5, 5.41) is 2.88. The zero-order valence-corrected chi connectivity index (χ0v) is 16.8. The molecule has 0 saturated carbocycles. The number of rotatable bonds is 6. The molecule has 5 nitrogen and oxygen atoms in total. The normalized spacial score (nSPS) is 11.3. The molecule has 0 bridgehead atoms. The van der Waals surface area contributed by atoms with Crippen LogP contribution in [0, 0.1) is 20.8 Å². The first kappa shape index (κ1) is 20.0. The van der Waals surface area contributed by atoms with Crippen LogP contribution in [0.3, 0.4) is 0 Å². The van der Waals surface area contributed by atoms with Gasteiger partial charge in [-0.05, 0) is 61.6 Å². The molecule has 0 aliphatic carbocycles. The Morgan fingerprint density at radius 2 is 1.73 bits per heavy atom. The highest BCUT2D eigenvalue weighted by atomic mass is 32.2. The molecular weight excluding hydrogens is 348 g/mol. The fraction of sp³-hybridized carbons (Fsp3) is 0.350. The molecule has 0 unspecified atom stereocenters. The lowest BCUT2D eigenvalue weighted by Gasteiger charge is -2.23. The van der Waals surface area contributed by atoms with Crippen LogP contribution < -0.4 is 9.62 Å². The molecule has 2 aromatic carbocycles. The van der Waals surface area contributed by atoms with Crippen LogP contribution in [-0.2, 0) is 21.2 Å². The Hall–Kier alpha value is -2.34. The summed E-state index contributed by atoms with van der Waals surface area (Å²) in [6, 6.07) is 11.2. The molecule has 0 fully saturated rings. The van der Waals surface area contributed by atoms with Gasteiger partial charge in [-0.25, -0.2) is 8.42 Å². The average Bonchev–Trinajstić information content (AvgIpc) is 2.56. The van der Waals surface area contributed by atoms with E-state index in [-0.39, 0.29) is 12.5 Å². The molecule has 6 heteroatoms. The van der Waals surface area contributed by atoms with Gasteiger partial charge in [-0.1, -0.05) is 31.2 Å². The summed E-state index contributed by atoms with van der Waals surface area (Å²) in [4.78, 5) is 12.6. The van der Waals surface area contributed by atoms with E-state index in [2.05, 4.69) is 5.32 Å². The number of nitrogens with one attached hydrogen (secondary N) is 1. The minimum atomic E-state index is -3.59. The van der Waals surface area contributed by atoms with E-state index in [9.17, 15) is 13.2 Å². The number of sulfonamides is 1. The number of carbonyl (C=O) groups is 1. The quantitative estimate of drug-likeness (QED) is 0.840. The zero-order chi connectivity index (χ0) is 19.5. The number of hydrogen-bond donors (Lipinski definition) is 1. The van der Waals surface area contributed by atoms with Gasteiger partial charge in [-0.3, -0.25) is 9.10 Å². The van der Waals surface area contributed by atoms with Crippen molar-refractivity contribution in [2.45, 2.75) is 34.1 Å². The van der Waals surface area contributed by atoms with Crippen molar-refractivity contribution in [1.29, 1.82) is 0 Å². The van der Waals surface area contributed by atoms with Crippen molar-refractivity contribution in [3.63, 3.8) is 0 Å². The summed E-state index contributed by atoms with van der Waals surface area (Å²) in [6.45, 7) is 7.55. The van der Waals surface area contributed by atoms with Gasteiger partial charge in [0.2, 0.25) is 15.9 Å². The van der Waals surface area contributed by atoms with Crippen molar-refractivity contribution < 1.29 is 13.2 Å². The van der Waals surface area contributed by atoms with Crippen LogP contribution in [-0.4, -0.2) is 27.1 Å². The second-order valence-electron chi connectivity index (χ2n) is 6.55. The van der Waals surface area contributed by atoms with Crippen LogP contribution in [0.2, 0.25) is 0 Å². The highest BCUT2D eigenvalue weighted by Crippen LogP contribution is 2.23. The largest absolute Gasteiger partial charge is 0.324 e. The number of para-hydroxylation sites is 1. The third-order valence-electron chi connectivity index (χ3n) is 4.47. The Balaban J connectivity index is 2.30. The van der Waals surface area contributed by atoms with Gasteiger partial charge in [-0.15, -0.1) is 0 Å². The van der Waals surface area contributed by atoms with Gasteiger partial charge in [0.05, 0.1) is 11.9 Å². The number of carbonyl (C=O) groups excluding carboxylic acids is 1. The van der Waals surface area contributed by atoms with E-state index in [4.69, 9.17) is 0 Å². The minimum absolute atomic E-state index is 0.265. The monoisotopic (exact) mass is 374 g/mol. The molecule has 0 atom stereocenters. The third kappa shape index (κ3) is 4.64. The number of benzene rings is 2. The van der Waals surface area contributed by atoms with Gasteiger partial charge in [0.15, 0.2) is 0 Å². The van der Waals surface area contributed by atoms with Crippen molar-refractivity contribution >= 4 is 27.3 Å². The van der Waals surface area contributed by atoms with E-state index >= 15 is 0 Å². The molecule has 0 aliphatic heterocycles. The van der Waals surface area contributed by atoms with E-state index in [1.165, 1.54) is 0 Å². The maximum absolute atomic E-state index is 12.6. The van der Waals surface area contributed by atoms with Crippen LogP contribution in [0.4, 0.5) is 11.4 Å². The Morgan fingerprint density at radius 3 is 2.31 bits per heavy atom. The molecule has 0 aliphatic rings. The van der Waals surface area contributed by atoms with E-state index in [0.29, 0.717) is 5.69 Å². The fourth-order valence-corrected chi connectivity index (χ4v) is 3.64. The second-order valence-corrected chi connectivity index (χ2v) is 8.46. The van der Waals surface area contributed by atoms with Gasteiger partial charge in [0.1, 0.15) is 6.54 Å². The van der Waals surface area contributed by atoms with Gasteiger partial charge < -0.3 is 5.32 Å². The average molecular weight is 375 g/mol.